The fraction of sp³-hybridized carbons (Fsp3) is 0.214. The summed E-state index contributed by atoms with van der Waals surface area (Å²) in [6, 6.07) is 7.58. The Labute approximate surface area is 105 Å². The zero-order valence-corrected chi connectivity index (χ0v) is 9.84. The molecule has 0 radical (unpaired) electrons. The highest BCUT2D eigenvalue weighted by Gasteiger charge is 2.28. The number of ketones is 1. The summed E-state index contributed by atoms with van der Waals surface area (Å²) in [5.74, 6) is 0.277. The van der Waals surface area contributed by atoms with Gasteiger partial charge in [-0.1, -0.05) is 12.1 Å². The lowest BCUT2D eigenvalue weighted by molar-refractivity contribution is -0.115. The molecule has 2 N–H and O–H groups in total. The first-order valence-electron chi connectivity index (χ1n) is 5.97. The van der Waals surface area contributed by atoms with Crippen LogP contribution in [0.5, 0.6) is 0 Å². The Morgan fingerprint density at radius 1 is 1.28 bits per heavy atom. The molecule has 1 aliphatic carbocycles. The normalized spacial score (nSPS) is 15.9. The average Bonchev–Trinajstić information content (AvgIpc) is 3.22. The molecule has 0 aliphatic heterocycles. The zero-order valence-electron chi connectivity index (χ0n) is 9.84. The highest BCUT2D eigenvalue weighted by Crippen LogP contribution is 2.30. The molecule has 1 aromatic heterocycles. The number of nitrogens with zero attached hydrogens (tertiary/aromatic N) is 2. The van der Waals surface area contributed by atoms with E-state index < -0.39 is 0 Å². The molecule has 0 bridgehead atoms. The van der Waals surface area contributed by atoms with E-state index in [9.17, 15) is 4.79 Å². The molecule has 1 aromatic carbocycles. The van der Waals surface area contributed by atoms with Crippen LogP contribution in [0.25, 0.3) is 16.7 Å². The van der Waals surface area contributed by atoms with Crippen LogP contribution in [0.2, 0.25) is 0 Å². The number of benzene rings is 1. The topological polar surface area (TPSA) is 68.9 Å². The molecule has 0 saturated heterocycles. The van der Waals surface area contributed by atoms with E-state index in [2.05, 4.69) is 9.97 Å². The lowest BCUT2D eigenvalue weighted by atomic mass is 10.2. The fourth-order valence-corrected chi connectivity index (χ4v) is 1.81. The van der Waals surface area contributed by atoms with Gasteiger partial charge in [0.2, 0.25) is 0 Å². The van der Waals surface area contributed by atoms with Crippen molar-refractivity contribution in [2.45, 2.75) is 12.8 Å². The van der Waals surface area contributed by atoms with Crippen molar-refractivity contribution in [1.29, 1.82) is 0 Å². The van der Waals surface area contributed by atoms with Crippen LogP contribution in [0.15, 0.2) is 36.5 Å². The molecule has 1 saturated carbocycles. The zero-order chi connectivity index (χ0) is 12.5. The summed E-state index contributed by atoms with van der Waals surface area (Å²) in [5.41, 5.74) is 8.45. The molecular formula is C14H13N3O. The number of hydrogen-bond donors (Lipinski definition) is 1. The summed E-state index contributed by atoms with van der Waals surface area (Å²) in [4.78, 5) is 20.3. The second-order valence-corrected chi connectivity index (χ2v) is 4.52. The van der Waals surface area contributed by atoms with Crippen molar-refractivity contribution in [2.24, 2.45) is 11.7 Å². The molecule has 1 fully saturated rings. The van der Waals surface area contributed by atoms with Crippen molar-refractivity contribution in [1.82, 2.24) is 9.97 Å². The van der Waals surface area contributed by atoms with Crippen molar-refractivity contribution in [3.05, 3.63) is 42.2 Å². The number of allylic oxidation sites excluding steroid dienone is 1. The molecule has 1 heterocycles. The molecule has 0 unspecified atom stereocenters. The quantitative estimate of drug-likeness (QED) is 0.831. The highest BCUT2D eigenvalue weighted by atomic mass is 16.1. The smallest absolute Gasteiger partial charge is 0.160 e. The number of fused-ring (bicyclic) bond motifs is 1. The van der Waals surface area contributed by atoms with E-state index in [0.717, 1.165) is 23.9 Å². The molecule has 4 nitrogen and oxygen atoms in total. The number of carbonyl (C=O) groups is 1. The Morgan fingerprint density at radius 2 is 2.00 bits per heavy atom. The van der Waals surface area contributed by atoms with Gasteiger partial charge in [0.1, 0.15) is 5.69 Å². The lowest BCUT2D eigenvalue weighted by Gasteiger charge is -2.02. The Balaban J connectivity index is 1.95. The monoisotopic (exact) mass is 239 g/mol. The van der Waals surface area contributed by atoms with Gasteiger partial charge in [-0.3, -0.25) is 9.78 Å². The van der Waals surface area contributed by atoms with E-state index in [1.807, 2.05) is 24.3 Å². The van der Waals surface area contributed by atoms with E-state index in [1.165, 1.54) is 6.08 Å². The number of aromatic nitrogens is 2. The maximum atomic E-state index is 11.6. The van der Waals surface area contributed by atoms with Gasteiger partial charge in [-0.2, -0.15) is 0 Å². The standard InChI is InChI=1S/C14H13N3O/c15-10(7-14(18)9-5-6-9)13-8-16-11-3-1-2-4-12(11)17-13/h1-4,7-9H,5-6,15H2/b10-7+. The van der Waals surface area contributed by atoms with Crippen LogP contribution in [-0.2, 0) is 4.79 Å². The number of carbonyl (C=O) groups excluding carboxylic acids is 1. The van der Waals surface area contributed by atoms with Crippen LogP contribution < -0.4 is 5.73 Å². The molecule has 18 heavy (non-hydrogen) atoms. The average molecular weight is 239 g/mol. The van der Waals surface area contributed by atoms with Crippen molar-refractivity contribution in [3.8, 4) is 0 Å². The third-order valence-corrected chi connectivity index (χ3v) is 3.02. The summed E-state index contributed by atoms with van der Waals surface area (Å²) < 4.78 is 0. The van der Waals surface area contributed by atoms with Gasteiger partial charge in [-0.15, -0.1) is 0 Å². The number of rotatable bonds is 3. The molecule has 3 rings (SSSR count). The second-order valence-electron chi connectivity index (χ2n) is 4.52. The Kier molecular flexibility index (Phi) is 2.55. The van der Waals surface area contributed by atoms with Crippen LogP contribution in [0.4, 0.5) is 0 Å². The minimum Gasteiger partial charge on any atom is -0.397 e. The van der Waals surface area contributed by atoms with Gasteiger partial charge in [0.25, 0.3) is 0 Å². The van der Waals surface area contributed by atoms with Gasteiger partial charge in [0, 0.05) is 12.0 Å². The van der Waals surface area contributed by atoms with Crippen molar-refractivity contribution < 1.29 is 4.79 Å². The lowest BCUT2D eigenvalue weighted by Crippen LogP contribution is -2.05. The number of para-hydroxylation sites is 2. The molecule has 2 aromatic rings. The number of hydrogen-bond acceptors (Lipinski definition) is 4. The minimum absolute atomic E-state index is 0.0995. The van der Waals surface area contributed by atoms with Crippen LogP contribution in [0.1, 0.15) is 18.5 Å². The van der Waals surface area contributed by atoms with Crippen molar-refractivity contribution in [3.63, 3.8) is 0 Å². The summed E-state index contributed by atoms with van der Waals surface area (Å²) in [7, 11) is 0. The molecule has 0 amide bonds. The van der Waals surface area contributed by atoms with Gasteiger partial charge in [-0.25, -0.2) is 4.98 Å². The molecule has 4 heteroatoms. The first kappa shape index (κ1) is 10.9. The van der Waals surface area contributed by atoms with Crippen LogP contribution in [-0.4, -0.2) is 15.8 Å². The van der Waals surface area contributed by atoms with Crippen LogP contribution in [0, 0.1) is 5.92 Å². The molecule has 90 valence electrons. The molecular weight excluding hydrogens is 226 g/mol. The van der Waals surface area contributed by atoms with Crippen molar-refractivity contribution >= 4 is 22.5 Å². The molecule has 0 atom stereocenters. The molecule has 0 spiro atoms. The fourth-order valence-electron chi connectivity index (χ4n) is 1.81. The summed E-state index contributed by atoms with van der Waals surface area (Å²) >= 11 is 0. The van der Waals surface area contributed by atoms with E-state index in [1.54, 1.807) is 6.20 Å². The number of nitrogens with two attached hydrogens (primary N) is 1. The maximum absolute atomic E-state index is 11.6. The largest absolute Gasteiger partial charge is 0.397 e. The van der Waals surface area contributed by atoms with Gasteiger partial charge >= 0.3 is 0 Å². The predicted molar refractivity (Wildman–Crippen MR) is 69.4 cm³/mol. The van der Waals surface area contributed by atoms with Gasteiger partial charge in [0.15, 0.2) is 5.78 Å². The van der Waals surface area contributed by atoms with Crippen molar-refractivity contribution in [2.75, 3.05) is 0 Å². The SMILES string of the molecule is N/C(=C/C(=O)C1CC1)c1cnc2ccccc2n1. The summed E-state index contributed by atoms with van der Waals surface area (Å²) in [5, 5.41) is 0. The van der Waals surface area contributed by atoms with Crippen LogP contribution in [0.3, 0.4) is 0 Å². The first-order valence-corrected chi connectivity index (χ1v) is 5.97. The Morgan fingerprint density at radius 3 is 2.72 bits per heavy atom. The van der Waals surface area contributed by atoms with Gasteiger partial charge in [-0.05, 0) is 25.0 Å². The van der Waals surface area contributed by atoms with E-state index >= 15 is 0 Å². The van der Waals surface area contributed by atoms with E-state index in [0.29, 0.717) is 11.4 Å². The highest BCUT2D eigenvalue weighted by molar-refractivity contribution is 5.98. The second kappa shape index (κ2) is 4.22. The summed E-state index contributed by atoms with van der Waals surface area (Å²) in [6.45, 7) is 0. The third kappa shape index (κ3) is 2.09. The first-order chi connectivity index (χ1) is 8.74. The molecule has 1 aliphatic rings. The summed E-state index contributed by atoms with van der Waals surface area (Å²) in [6.07, 6.45) is 5.04. The Hall–Kier alpha value is -2.23. The minimum atomic E-state index is 0.0995. The maximum Gasteiger partial charge on any atom is 0.160 e. The van der Waals surface area contributed by atoms with Crippen LogP contribution >= 0.6 is 0 Å². The van der Waals surface area contributed by atoms with E-state index in [4.69, 9.17) is 5.73 Å². The Bertz CT molecular complexity index is 644. The van der Waals surface area contributed by atoms with E-state index in [-0.39, 0.29) is 11.7 Å². The van der Waals surface area contributed by atoms with Gasteiger partial charge < -0.3 is 5.73 Å². The predicted octanol–water partition coefficient (Wildman–Crippen LogP) is 1.91. The van der Waals surface area contributed by atoms with Gasteiger partial charge in [0.05, 0.1) is 22.9 Å². The third-order valence-electron chi connectivity index (χ3n) is 3.02.